The van der Waals surface area contributed by atoms with Crippen LogP contribution in [-0.4, -0.2) is 153 Å². The van der Waals surface area contributed by atoms with E-state index >= 15 is 0 Å². The van der Waals surface area contributed by atoms with E-state index in [9.17, 15) is 33.9 Å². The molecule has 63 heavy (non-hydrogen) atoms. The van der Waals surface area contributed by atoms with Crippen LogP contribution in [0.4, 0.5) is 0 Å². The van der Waals surface area contributed by atoms with Gasteiger partial charge in [-0.15, -0.1) is 0 Å². The van der Waals surface area contributed by atoms with Gasteiger partial charge in [-0.05, 0) is 66.1 Å². The first-order chi connectivity index (χ1) is 29.7. The highest BCUT2D eigenvalue weighted by Gasteiger charge is 2.54. The van der Waals surface area contributed by atoms with Crippen LogP contribution in [0.5, 0.6) is 0 Å². The van der Waals surface area contributed by atoms with Crippen LogP contribution < -0.4 is 0 Å². The molecule has 2 saturated heterocycles. The van der Waals surface area contributed by atoms with Crippen LogP contribution in [0.2, 0.25) is 0 Å². The minimum absolute atomic E-state index is 0.0260. The van der Waals surface area contributed by atoms with Crippen molar-refractivity contribution in [3.05, 3.63) is 24.3 Å². The maximum atomic E-state index is 13.4. The van der Waals surface area contributed by atoms with Gasteiger partial charge in [0.1, 0.15) is 42.9 Å². The van der Waals surface area contributed by atoms with Crippen molar-refractivity contribution in [3.63, 3.8) is 0 Å². The zero-order chi connectivity index (χ0) is 47.2. The number of aliphatic hydroxyl groups is 1. The average Bonchev–Trinajstić information content (AvgIpc) is 3.18. The monoisotopic (exact) mass is 897 g/mol. The Labute approximate surface area is 371 Å². The predicted molar refractivity (Wildman–Crippen MR) is 224 cm³/mol. The van der Waals surface area contributed by atoms with Crippen molar-refractivity contribution in [3.8, 4) is 0 Å². The smallest absolute Gasteiger partial charge is 0.309 e. The molecule has 3 aliphatic rings. The first-order valence-corrected chi connectivity index (χ1v) is 21.9. The average molecular weight is 898 g/mol. The number of carbonyl (C=O) groups excluding carboxylic acids is 6. The summed E-state index contributed by atoms with van der Waals surface area (Å²) in [5.74, 6) is -4.06. The fraction of sp³-hybridized carbons (Fsp3) is 0.778. The topological polar surface area (TPSA) is 218 Å². The molecule has 3 rings (SSSR count). The Hall–Kier alpha value is -3.78. The Bertz CT molecular complexity index is 1590. The van der Waals surface area contributed by atoms with E-state index < -0.39 is 133 Å². The maximum absolute atomic E-state index is 13.4. The Morgan fingerprint density at radius 1 is 0.905 bits per heavy atom. The number of likely N-dealkylation sites (N-methyl/N-ethyl adjacent to an activating group) is 1. The molecule has 18 heteroatoms. The molecule has 18 nitrogen and oxygen atoms in total. The zero-order valence-corrected chi connectivity index (χ0v) is 38.9. The SMILES string of the molecule is CCC(=O)O[C@@H]1CC(=O)O[C@H](C)C/C=C/C=C\[C@H](OC(C)=O)[C@H](C)C[C@H](CC=O)[C@H](O[C@@H]2O[C@H](C)[C@@H](O[C@H]3C[C@@](C)(OC(C)=O)[C@@H](OC(=O)CC)[C@H](C)O3)[C@H](N(C)C)[C@H]2O)[C@H]1OC. The summed E-state index contributed by atoms with van der Waals surface area (Å²) in [7, 11) is 4.82. The molecule has 2 fully saturated rings. The van der Waals surface area contributed by atoms with E-state index in [-0.39, 0.29) is 32.1 Å². The van der Waals surface area contributed by atoms with Crippen LogP contribution in [0.1, 0.15) is 107 Å². The third-order valence-electron chi connectivity index (χ3n) is 11.5. The number of carbonyl (C=O) groups is 6. The number of cyclic esters (lactones) is 1. The molecule has 0 amide bonds. The molecule has 0 radical (unpaired) electrons. The van der Waals surface area contributed by atoms with E-state index in [0.717, 1.165) is 0 Å². The highest BCUT2D eigenvalue weighted by atomic mass is 16.7. The van der Waals surface area contributed by atoms with Gasteiger partial charge in [-0.25, -0.2) is 0 Å². The molecule has 0 unspecified atom stereocenters. The number of aliphatic hydroxyl groups excluding tert-OH is 1. The van der Waals surface area contributed by atoms with Crippen LogP contribution in [-0.2, 0) is 76.1 Å². The minimum Gasteiger partial charge on any atom is -0.462 e. The van der Waals surface area contributed by atoms with E-state index in [0.29, 0.717) is 12.7 Å². The first-order valence-electron chi connectivity index (χ1n) is 21.9. The second-order valence-corrected chi connectivity index (χ2v) is 17.1. The van der Waals surface area contributed by atoms with Gasteiger partial charge in [-0.2, -0.15) is 0 Å². The molecule has 0 bridgehead atoms. The lowest BCUT2D eigenvalue weighted by Crippen LogP contribution is -2.66. The Kier molecular flexibility index (Phi) is 21.3. The number of hydrogen-bond donors (Lipinski definition) is 1. The third-order valence-corrected chi connectivity index (χ3v) is 11.5. The summed E-state index contributed by atoms with van der Waals surface area (Å²) in [6.07, 6.45) is -4.48. The van der Waals surface area contributed by atoms with Crippen LogP contribution in [0.15, 0.2) is 24.3 Å². The molecular weight excluding hydrogens is 826 g/mol. The molecule has 0 aromatic carbocycles. The Morgan fingerprint density at radius 3 is 2.16 bits per heavy atom. The first kappa shape index (κ1) is 53.6. The van der Waals surface area contributed by atoms with Crippen molar-refractivity contribution in [1.29, 1.82) is 0 Å². The van der Waals surface area contributed by atoms with Crippen molar-refractivity contribution in [2.75, 3.05) is 21.2 Å². The largest absolute Gasteiger partial charge is 0.462 e. The number of rotatable bonds is 14. The predicted octanol–water partition coefficient (Wildman–Crippen LogP) is 3.91. The van der Waals surface area contributed by atoms with Crippen LogP contribution in [0.3, 0.4) is 0 Å². The molecule has 0 aromatic rings. The van der Waals surface area contributed by atoms with Crippen molar-refractivity contribution in [2.24, 2.45) is 11.8 Å². The summed E-state index contributed by atoms with van der Waals surface area (Å²) in [5.41, 5.74) is -1.33. The lowest BCUT2D eigenvalue weighted by molar-refractivity contribution is -0.344. The minimum atomic E-state index is -1.45. The molecule has 358 valence electrons. The van der Waals surface area contributed by atoms with Crippen LogP contribution in [0, 0.1) is 11.8 Å². The quantitative estimate of drug-likeness (QED) is 0.148. The molecule has 0 saturated carbocycles. The lowest BCUT2D eigenvalue weighted by atomic mass is 9.82. The van der Waals surface area contributed by atoms with E-state index in [2.05, 4.69) is 0 Å². The standard InChI is InChI=1S/C45H71NO17/c1-13-34(50)59-33-23-36(52)55-26(4)18-16-15-17-19-32(58-29(7)48)25(3)22-31(20-21-47)41(42(33)54-12)62-44-39(53)38(46(10)11)40(27(5)57-44)61-37-24-45(9,63-30(8)49)43(28(6)56-37)60-35(51)14-2/h15-17,19,21,25-28,31-33,37-44,53H,13-14,18,20,22-24H2,1-12H3/b16-15+,19-17-/t25-,26-,27-,28+,31+,32+,33-,37+,38-,39-,40-,41+,42+,43+,44+,45-/m1/s1. The van der Waals surface area contributed by atoms with Crippen LogP contribution >= 0.6 is 0 Å². The Morgan fingerprint density at radius 2 is 1.57 bits per heavy atom. The van der Waals surface area contributed by atoms with E-state index in [1.165, 1.54) is 21.0 Å². The summed E-state index contributed by atoms with van der Waals surface area (Å²) in [6, 6.07) is -0.833. The summed E-state index contributed by atoms with van der Waals surface area (Å²) in [4.78, 5) is 77.6. The number of nitrogens with zero attached hydrogens (tertiary/aromatic N) is 1. The number of aldehydes is 1. The molecule has 0 aliphatic carbocycles. The molecule has 16 atom stereocenters. The van der Waals surface area contributed by atoms with Crippen molar-refractivity contribution in [2.45, 2.75) is 193 Å². The van der Waals surface area contributed by atoms with E-state index in [1.54, 1.807) is 84.8 Å². The molecule has 3 aliphatic heterocycles. The molecule has 3 heterocycles. The molecule has 1 N–H and O–H groups in total. The van der Waals surface area contributed by atoms with Gasteiger partial charge in [-0.1, -0.05) is 39.0 Å². The molecular formula is C45H71NO17. The maximum Gasteiger partial charge on any atom is 0.309 e. The summed E-state index contributed by atoms with van der Waals surface area (Å²) in [6.45, 7) is 14.4. The summed E-state index contributed by atoms with van der Waals surface area (Å²) in [5, 5.41) is 12.2. The fourth-order valence-corrected chi connectivity index (χ4v) is 8.57. The number of esters is 5. The fourth-order valence-electron chi connectivity index (χ4n) is 8.57. The molecule has 0 spiro atoms. The van der Waals surface area contributed by atoms with Crippen molar-refractivity contribution in [1.82, 2.24) is 4.90 Å². The number of hydrogen-bond acceptors (Lipinski definition) is 18. The van der Waals surface area contributed by atoms with Gasteiger partial charge in [0.15, 0.2) is 24.3 Å². The lowest BCUT2D eigenvalue weighted by Gasteiger charge is -2.50. The number of allylic oxidation sites excluding steroid dienone is 2. The number of methoxy groups -OCH3 is 1. The van der Waals surface area contributed by atoms with Crippen molar-refractivity contribution >= 4 is 36.1 Å². The Balaban J connectivity index is 2.09. The third kappa shape index (κ3) is 15.4. The van der Waals surface area contributed by atoms with Crippen LogP contribution in [0.25, 0.3) is 0 Å². The van der Waals surface area contributed by atoms with Crippen molar-refractivity contribution < 1.29 is 81.2 Å². The highest BCUT2D eigenvalue weighted by Crippen LogP contribution is 2.39. The van der Waals surface area contributed by atoms with E-state index in [4.69, 9.17) is 47.4 Å². The van der Waals surface area contributed by atoms with Gasteiger partial charge in [0.2, 0.25) is 0 Å². The summed E-state index contributed by atoms with van der Waals surface area (Å²) >= 11 is 0. The van der Waals surface area contributed by atoms with E-state index in [1.807, 2.05) is 6.92 Å². The van der Waals surface area contributed by atoms with Gasteiger partial charge >= 0.3 is 29.8 Å². The van der Waals surface area contributed by atoms with Gasteiger partial charge in [0.05, 0.1) is 30.8 Å². The second-order valence-electron chi connectivity index (χ2n) is 17.1. The molecule has 0 aromatic heterocycles. The van der Waals surface area contributed by atoms with Gasteiger partial charge in [0, 0.05) is 53.1 Å². The normalized spacial score (nSPS) is 38.1. The van der Waals surface area contributed by atoms with Gasteiger partial charge < -0.3 is 62.2 Å². The highest BCUT2D eigenvalue weighted by molar-refractivity contribution is 5.73. The zero-order valence-electron chi connectivity index (χ0n) is 38.9. The summed E-state index contributed by atoms with van der Waals surface area (Å²) < 4.78 is 60.7. The van der Waals surface area contributed by atoms with Gasteiger partial charge in [-0.3, -0.25) is 24.0 Å². The number of ether oxygens (including phenoxy) is 10. The van der Waals surface area contributed by atoms with Gasteiger partial charge in [0.25, 0.3) is 0 Å². The second kappa shape index (κ2) is 25.1.